The molecule has 1 aromatic carbocycles. The Morgan fingerprint density at radius 3 is 2.58 bits per heavy atom. The van der Waals surface area contributed by atoms with Gasteiger partial charge >= 0.3 is 0 Å². The number of nitrogens with two attached hydrogens (primary N) is 1. The highest BCUT2D eigenvalue weighted by Gasteiger charge is 2.34. The first-order chi connectivity index (χ1) is 8.96. The van der Waals surface area contributed by atoms with Crippen LogP contribution >= 0.6 is 0 Å². The number of hydrogen-bond donors (Lipinski definition) is 3. The molecule has 106 valence electrons. The number of benzene rings is 1. The van der Waals surface area contributed by atoms with Crippen molar-refractivity contribution >= 4 is 11.4 Å². The molecule has 3 nitrogen and oxygen atoms in total. The Hall–Kier alpha value is -1.36. The van der Waals surface area contributed by atoms with E-state index >= 15 is 0 Å². The van der Waals surface area contributed by atoms with Gasteiger partial charge in [0.15, 0.2) is 5.82 Å². The van der Waals surface area contributed by atoms with Crippen LogP contribution in [-0.4, -0.2) is 17.3 Å². The fraction of sp³-hybridized carbons (Fsp3) is 0.571. The zero-order valence-corrected chi connectivity index (χ0v) is 11.0. The van der Waals surface area contributed by atoms with Crippen molar-refractivity contribution in [3.05, 3.63) is 23.8 Å². The molecule has 0 unspecified atom stereocenters. The third kappa shape index (κ3) is 2.97. The van der Waals surface area contributed by atoms with E-state index in [4.69, 9.17) is 5.73 Å². The van der Waals surface area contributed by atoms with Crippen LogP contribution in [-0.2, 0) is 0 Å². The summed E-state index contributed by atoms with van der Waals surface area (Å²) in [5.41, 5.74) is 5.22. The van der Waals surface area contributed by atoms with Crippen molar-refractivity contribution in [2.75, 3.05) is 17.7 Å². The summed E-state index contributed by atoms with van der Waals surface area (Å²) in [6.07, 6.45) is 3.49. The van der Waals surface area contributed by atoms with E-state index in [0.29, 0.717) is 5.92 Å². The van der Waals surface area contributed by atoms with Gasteiger partial charge in [0.1, 0.15) is 5.82 Å². The molecule has 19 heavy (non-hydrogen) atoms. The third-order valence-electron chi connectivity index (χ3n) is 4.03. The van der Waals surface area contributed by atoms with Crippen LogP contribution in [0.2, 0.25) is 0 Å². The minimum Gasteiger partial charge on any atom is -0.395 e. The first kappa shape index (κ1) is 14.1. The normalized spacial score (nSPS) is 27.3. The van der Waals surface area contributed by atoms with E-state index in [1.54, 1.807) is 0 Å². The Balaban J connectivity index is 2.23. The molecule has 0 heterocycles. The molecule has 1 fully saturated rings. The molecule has 0 saturated heterocycles. The highest BCUT2D eigenvalue weighted by atomic mass is 19.1. The molecule has 1 aliphatic rings. The molecule has 2 rings (SSSR count). The SMILES string of the molecule is CC1CCC(CO)(Nc2cc(F)cc(F)c2N)CC1. The van der Waals surface area contributed by atoms with Crippen LogP contribution in [0.4, 0.5) is 20.2 Å². The molecule has 0 atom stereocenters. The number of rotatable bonds is 3. The van der Waals surface area contributed by atoms with Gasteiger partial charge in [-0.3, -0.25) is 0 Å². The van der Waals surface area contributed by atoms with Crippen LogP contribution in [0.3, 0.4) is 0 Å². The zero-order valence-electron chi connectivity index (χ0n) is 11.0. The summed E-state index contributed by atoms with van der Waals surface area (Å²) in [5.74, 6) is -0.839. The second-order valence-electron chi connectivity index (χ2n) is 5.59. The fourth-order valence-corrected chi connectivity index (χ4v) is 2.61. The lowest BCUT2D eigenvalue weighted by Crippen LogP contribution is -2.45. The fourth-order valence-electron chi connectivity index (χ4n) is 2.61. The maximum atomic E-state index is 13.4. The van der Waals surface area contributed by atoms with Crippen LogP contribution < -0.4 is 11.1 Å². The Kier molecular flexibility index (Phi) is 3.94. The number of nitrogen functional groups attached to an aromatic ring is 1. The molecular formula is C14H20F2N2O. The van der Waals surface area contributed by atoms with Gasteiger partial charge < -0.3 is 16.2 Å². The van der Waals surface area contributed by atoms with Crippen LogP contribution in [0.5, 0.6) is 0 Å². The van der Waals surface area contributed by atoms with Gasteiger partial charge in [-0.05, 0) is 37.7 Å². The third-order valence-corrected chi connectivity index (χ3v) is 4.03. The van der Waals surface area contributed by atoms with Crippen molar-refractivity contribution < 1.29 is 13.9 Å². The van der Waals surface area contributed by atoms with Crippen molar-refractivity contribution in [1.82, 2.24) is 0 Å². The first-order valence-corrected chi connectivity index (χ1v) is 6.59. The number of hydrogen-bond acceptors (Lipinski definition) is 3. The molecule has 0 aliphatic heterocycles. The van der Waals surface area contributed by atoms with Gasteiger partial charge in [0.25, 0.3) is 0 Å². The lowest BCUT2D eigenvalue weighted by molar-refractivity contribution is 0.155. The molecule has 0 radical (unpaired) electrons. The molecule has 0 bridgehead atoms. The summed E-state index contributed by atoms with van der Waals surface area (Å²) in [6.45, 7) is 2.09. The molecule has 5 heteroatoms. The Labute approximate surface area is 111 Å². The predicted molar refractivity (Wildman–Crippen MR) is 71.8 cm³/mol. The van der Waals surface area contributed by atoms with E-state index in [1.165, 1.54) is 6.07 Å². The molecule has 1 aliphatic carbocycles. The minimum atomic E-state index is -0.778. The van der Waals surface area contributed by atoms with Crippen molar-refractivity contribution in [1.29, 1.82) is 0 Å². The van der Waals surface area contributed by atoms with Gasteiger partial charge in [-0.2, -0.15) is 0 Å². The highest BCUT2D eigenvalue weighted by molar-refractivity contribution is 5.67. The monoisotopic (exact) mass is 270 g/mol. The maximum absolute atomic E-state index is 13.4. The van der Waals surface area contributed by atoms with Crippen LogP contribution in [0.1, 0.15) is 32.6 Å². The summed E-state index contributed by atoms with van der Waals surface area (Å²) < 4.78 is 26.7. The van der Waals surface area contributed by atoms with Crippen molar-refractivity contribution in [3.8, 4) is 0 Å². The molecule has 1 saturated carbocycles. The number of anilines is 2. The summed E-state index contributed by atoms with van der Waals surface area (Å²) in [6, 6.07) is 1.93. The van der Waals surface area contributed by atoms with E-state index in [1.807, 2.05) is 0 Å². The van der Waals surface area contributed by atoms with Crippen LogP contribution in [0.15, 0.2) is 12.1 Å². The molecular weight excluding hydrogens is 250 g/mol. The molecule has 4 N–H and O–H groups in total. The van der Waals surface area contributed by atoms with Crippen molar-refractivity contribution in [2.45, 2.75) is 38.1 Å². The van der Waals surface area contributed by atoms with Crippen molar-refractivity contribution in [3.63, 3.8) is 0 Å². The van der Waals surface area contributed by atoms with E-state index in [9.17, 15) is 13.9 Å². The molecule has 0 spiro atoms. The lowest BCUT2D eigenvalue weighted by Gasteiger charge is -2.39. The predicted octanol–water partition coefficient (Wildman–Crippen LogP) is 2.90. The van der Waals surface area contributed by atoms with Gasteiger partial charge in [-0.15, -0.1) is 0 Å². The second-order valence-corrected chi connectivity index (χ2v) is 5.59. The minimum absolute atomic E-state index is 0.0721. The van der Waals surface area contributed by atoms with Crippen LogP contribution in [0.25, 0.3) is 0 Å². The lowest BCUT2D eigenvalue weighted by atomic mass is 9.77. The Morgan fingerprint density at radius 2 is 2.00 bits per heavy atom. The number of aliphatic hydroxyl groups is 1. The Morgan fingerprint density at radius 1 is 1.37 bits per heavy atom. The van der Waals surface area contributed by atoms with Gasteiger partial charge in [-0.1, -0.05) is 6.92 Å². The smallest absolute Gasteiger partial charge is 0.151 e. The molecule has 1 aromatic rings. The highest BCUT2D eigenvalue weighted by Crippen LogP contribution is 2.36. The van der Waals surface area contributed by atoms with Gasteiger partial charge in [0, 0.05) is 6.07 Å². The number of aliphatic hydroxyl groups excluding tert-OH is 1. The van der Waals surface area contributed by atoms with E-state index in [-0.39, 0.29) is 18.0 Å². The second kappa shape index (κ2) is 5.33. The van der Waals surface area contributed by atoms with E-state index in [2.05, 4.69) is 12.2 Å². The first-order valence-electron chi connectivity index (χ1n) is 6.59. The summed E-state index contributed by atoms with van der Waals surface area (Å²) in [4.78, 5) is 0. The topological polar surface area (TPSA) is 58.3 Å². The molecule has 0 aromatic heterocycles. The number of nitrogens with one attached hydrogen (secondary N) is 1. The van der Waals surface area contributed by atoms with Crippen molar-refractivity contribution in [2.24, 2.45) is 5.92 Å². The largest absolute Gasteiger partial charge is 0.395 e. The zero-order chi connectivity index (χ0) is 14.0. The molecule has 0 amide bonds. The van der Waals surface area contributed by atoms with Crippen LogP contribution in [0, 0.1) is 17.6 Å². The number of halogens is 2. The Bertz CT molecular complexity index is 457. The summed E-state index contributed by atoms with van der Waals surface area (Å²) in [5, 5.41) is 12.7. The average Bonchev–Trinajstić information content (AvgIpc) is 2.38. The quantitative estimate of drug-likeness (QED) is 0.740. The van der Waals surface area contributed by atoms with E-state index in [0.717, 1.165) is 31.7 Å². The van der Waals surface area contributed by atoms with Gasteiger partial charge in [0.05, 0.1) is 23.5 Å². The van der Waals surface area contributed by atoms with E-state index < -0.39 is 17.2 Å². The summed E-state index contributed by atoms with van der Waals surface area (Å²) >= 11 is 0. The van der Waals surface area contributed by atoms with Gasteiger partial charge in [0.2, 0.25) is 0 Å². The van der Waals surface area contributed by atoms with Gasteiger partial charge in [-0.25, -0.2) is 8.78 Å². The standard InChI is InChI=1S/C14H20F2N2O/c1-9-2-4-14(8-19,5-3-9)18-12-7-10(15)6-11(16)13(12)17/h6-7,9,18-19H,2-5,8,17H2,1H3. The summed E-state index contributed by atoms with van der Waals surface area (Å²) in [7, 11) is 0. The maximum Gasteiger partial charge on any atom is 0.151 e. The average molecular weight is 270 g/mol.